The second-order valence-corrected chi connectivity index (χ2v) is 7.15. The third kappa shape index (κ3) is 2.54. The summed E-state index contributed by atoms with van der Waals surface area (Å²) in [6, 6.07) is 6.62. The van der Waals surface area contributed by atoms with Gasteiger partial charge in [0.25, 0.3) is 0 Å². The molecule has 1 aliphatic rings. The lowest BCUT2D eigenvalue weighted by Gasteiger charge is -2.14. The van der Waals surface area contributed by atoms with Crippen LogP contribution in [0.3, 0.4) is 0 Å². The number of sulfonamides is 1. The molecule has 0 radical (unpaired) electrons. The average Bonchev–Trinajstić information content (AvgIpc) is 2.96. The molecule has 1 N–H and O–H groups in total. The summed E-state index contributed by atoms with van der Waals surface area (Å²) in [5.74, 6) is -0.254. The zero-order chi connectivity index (χ0) is 13.2. The Kier molecular flexibility index (Phi) is 3.67. The average molecular weight is 281 g/mol. The zero-order valence-electron chi connectivity index (χ0n) is 9.46. The number of thiophene rings is 1. The topological polar surface area (TPSA) is 93.8 Å². The van der Waals surface area contributed by atoms with Crippen LogP contribution in [0.15, 0.2) is 16.3 Å². The maximum absolute atomic E-state index is 12.1. The summed E-state index contributed by atoms with van der Waals surface area (Å²) >= 11 is 0.938. The second kappa shape index (κ2) is 5.07. The Morgan fingerprint density at radius 3 is 2.72 bits per heavy atom. The van der Waals surface area contributed by atoms with Crippen molar-refractivity contribution in [3.63, 3.8) is 0 Å². The Balaban J connectivity index is 2.18. The van der Waals surface area contributed by atoms with E-state index in [4.69, 9.17) is 10.5 Å². The van der Waals surface area contributed by atoms with E-state index in [1.165, 1.54) is 12.1 Å². The van der Waals surface area contributed by atoms with Crippen molar-refractivity contribution in [3.8, 4) is 12.1 Å². The molecule has 2 rings (SSSR count). The van der Waals surface area contributed by atoms with Crippen LogP contribution in [-0.2, 0) is 10.0 Å². The van der Waals surface area contributed by atoms with Crippen LogP contribution in [0.1, 0.15) is 24.1 Å². The molecule has 5 nitrogen and oxygen atoms in total. The Hall–Kier alpha value is -1.41. The van der Waals surface area contributed by atoms with Crippen LogP contribution in [0.5, 0.6) is 0 Å². The van der Waals surface area contributed by atoms with Crippen molar-refractivity contribution < 1.29 is 8.42 Å². The Morgan fingerprint density at radius 2 is 2.11 bits per heavy atom. The number of nitrogens with zero attached hydrogens (tertiary/aromatic N) is 2. The Labute approximate surface area is 110 Å². The number of nitrogens with one attached hydrogen (secondary N) is 1. The highest BCUT2D eigenvalue weighted by molar-refractivity contribution is 7.91. The molecule has 7 heteroatoms. The van der Waals surface area contributed by atoms with Crippen molar-refractivity contribution in [2.24, 2.45) is 5.92 Å². The van der Waals surface area contributed by atoms with Crippen LogP contribution in [0.4, 0.5) is 0 Å². The molecule has 0 saturated heterocycles. The SMILES string of the molecule is N#Cc1ccc(S(=O)(=O)NC2CCCC2C#N)s1. The van der Waals surface area contributed by atoms with E-state index in [2.05, 4.69) is 10.8 Å². The first-order chi connectivity index (χ1) is 8.56. The molecule has 1 aliphatic carbocycles. The first kappa shape index (κ1) is 13.0. The fraction of sp³-hybridized carbons (Fsp3) is 0.455. The van der Waals surface area contributed by atoms with Crippen LogP contribution in [0, 0.1) is 28.6 Å². The van der Waals surface area contributed by atoms with Crippen molar-refractivity contribution in [1.82, 2.24) is 4.72 Å². The van der Waals surface area contributed by atoms with Gasteiger partial charge in [0.05, 0.1) is 12.0 Å². The lowest BCUT2D eigenvalue weighted by Crippen LogP contribution is -2.36. The van der Waals surface area contributed by atoms with Crippen LogP contribution in [0.2, 0.25) is 0 Å². The molecule has 2 atom stereocenters. The van der Waals surface area contributed by atoms with Gasteiger partial charge in [-0.15, -0.1) is 11.3 Å². The van der Waals surface area contributed by atoms with Gasteiger partial charge >= 0.3 is 0 Å². The molecule has 1 heterocycles. The minimum absolute atomic E-state index is 0.127. The summed E-state index contributed by atoms with van der Waals surface area (Å²) in [6.07, 6.45) is 2.28. The van der Waals surface area contributed by atoms with Gasteiger partial charge in [0.15, 0.2) is 0 Å². The van der Waals surface area contributed by atoms with E-state index >= 15 is 0 Å². The summed E-state index contributed by atoms with van der Waals surface area (Å²) < 4.78 is 26.8. The molecular formula is C11H11N3O2S2. The molecular weight excluding hydrogens is 270 g/mol. The van der Waals surface area contributed by atoms with Gasteiger partial charge in [-0.3, -0.25) is 0 Å². The highest BCUT2D eigenvalue weighted by Crippen LogP contribution is 2.28. The number of hydrogen-bond acceptors (Lipinski definition) is 5. The van der Waals surface area contributed by atoms with E-state index in [9.17, 15) is 8.42 Å². The molecule has 0 amide bonds. The van der Waals surface area contributed by atoms with Gasteiger partial charge < -0.3 is 0 Å². The van der Waals surface area contributed by atoms with Crippen molar-refractivity contribution >= 4 is 21.4 Å². The molecule has 0 bridgehead atoms. The fourth-order valence-corrected chi connectivity index (χ4v) is 4.47. The summed E-state index contributed by atoms with van der Waals surface area (Å²) in [5, 5.41) is 17.6. The van der Waals surface area contributed by atoms with E-state index < -0.39 is 10.0 Å². The molecule has 1 saturated carbocycles. The third-order valence-electron chi connectivity index (χ3n) is 2.94. The zero-order valence-corrected chi connectivity index (χ0v) is 11.1. The molecule has 94 valence electrons. The minimum Gasteiger partial charge on any atom is -0.206 e. The third-order valence-corrected chi connectivity index (χ3v) is 5.92. The lowest BCUT2D eigenvalue weighted by atomic mass is 10.1. The standard InChI is InChI=1S/C11H11N3O2S2/c12-6-8-2-1-3-10(8)14-18(15,16)11-5-4-9(7-13)17-11/h4-5,8,10,14H,1-3H2. The summed E-state index contributed by atoms with van der Waals surface area (Å²) in [4.78, 5) is 0.360. The van der Waals surface area contributed by atoms with Crippen molar-refractivity contribution in [2.45, 2.75) is 29.5 Å². The van der Waals surface area contributed by atoms with E-state index in [1.54, 1.807) is 0 Å². The lowest BCUT2D eigenvalue weighted by molar-refractivity contribution is 0.516. The molecule has 18 heavy (non-hydrogen) atoms. The normalized spacial score (nSPS) is 23.4. The molecule has 2 unspecified atom stereocenters. The van der Waals surface area contributed by atoms with E-state index in [1.807, 2.05) is 6.07 Å². The molecule has 0 aromatic carbocycles. The smallest absolute Gasteiger partial charge is 0.206 e. The van der Waals surface area contributed by atoms with Crippen LogP contribution < -0.4 is 4.72 Å². The van der Waals surface area contributed by atoms with Gasteiger partial charge in [-0.1, -0.05) is 6.42 Å². The predicted octanol–water partition coefficient (Wildman–Crippen LogP) is 1.59. The molecule has 1 fully saturated rings. The molecule has 0 aliphatic heterocycles. The molecule has 0 spiro atoms. The Morgan fingerprint density at radius 1 is 1.33 bits per heavy atom. The largest absolute Gasteiger partial charge is 0.250 e. The maximum Gasteiger partial charge on any atom is 0.250 e. The van der Waals surface area contributed by atoms with Crippen LogP contribution >= 0.6 is 11.3 Å². The van der Waals surface area contributed by atoms with Gasteiger partial charge in [0.2, 0.25) is 10.0 Å². The van der Waals surface area contributed by atoms with Crippen molar-refractivity contribution in [2.75, 3.05) is 0 Å². The summed E-state index contributed by atoms with van der Waals surface area (Å²) in [7, 11) is -3.61. The van der Waals surface area contributed by atoms with Crippen molar-refractivity contribution in [1.29, 1.82) is 10.5 Å². The van der Waals surface area contributed by atoms with Crippen LogP contribution in [0.25, 0.3) is 0 Å². The summed E-state index contributed by atoms with van der Waals surface area (Å²) in [6.45, 7) is 0. The quantitative estimate of drug-likeness (QED) is 0.910. The van der Waals surface area contributed by atoms with Gasteiger partial charge in [0.1, 0.15) is 15.2 Å². The van der Waals surface area contributed by atoms with Crippen molar-refractivity contribution in [3.05, 3.63) is 17.0 Å². The Bertz CT molecular complexity index is 621. The van der Waals surface area contributed by atoms with Gasteiger partial charge in [-0.05, 0) is 25.0 Å². The van der Waals surface area contributed by atoms with Crippen LogP contribution in [-0.4, -0.2) is 14.5 Å². The summed E-state index contributed by atoms with van der Waals surface area (Å²) in [5.41, 5.74) is 0. The highest BCUT2D eigenvalue weighted by atomic mass is 32.2. The highest BCUT2D eigenvalue weighted by Gasteiger charge is 2.31. The molecule has 1 aromatic rings. The number of nitriles is 2. The molecule has 1 aromatic heterocycles. The van der Waals surface area contributed by atoms with Gasteiger partial charge in [-0.25, -0.2) is 13.1 Å². The van der Waals surface area contributed by atoms with E-state index in [-0.39, 0.29) is 16.2 Å². The maximum atomic E-state index is 12.1. The minimum atomic E-state index is -3.61. The predicted molar refractivity (Wildman–Crippen MR) is 66.1 cm³/mol. The fourth-order valence-electron chi connectivity index (χ4n) is 2.04. The van der Waals surface area contributed by atoms with E-state index in [0.717, 1.165) is 24.2 Å². The monoisotopic (exact) mass is 281 g/mol. The number of hydrogen-bond donors (Lipinski definition) is 1. The van der Waals surface area contributed by atoms with E-state index in [0.29, 0.717) is 11.3 Å². The number of rotatable bonds is 3. The first-order valence-electron chi connectivity index (χ1n) is 5.48. The first-order valence-corrected chi connectivity index (χ1v) is 7.78. The second-order valence-electron chi connectivity index (χ2n) is 4.12. The van der Waals surface area contributed by atoms with Gasteiger partial charge in [0, 0.05) is 6.04 Å². The van der Waals surface area contributed by atoms with Gasteiger partial charge in [-0.2, -0.15) is 10.5 Å².